The van der Waals surface area contributed by atoms with Gasteiger partial charge in [0.2, 0.25) is 11.6 Å². The fraction of sp³-hybridized carbons (Fsp3) is 0.200. The molecule has 222 valence electrons. The van der Waals surface area contributed by atoms with Gasteiger partial charge in [-0.05, 0) is 46.2 Å². The number of hydrogen-bond donors (Lipinski definition) is 0. The van der Waals surface area contributed by atoms with E-state index in [1.54, 1.807) is 0 Å². The summed E-state index contributed by atoms with van der Waals surface area (Å²) >= 11 is 0. The van der Waals surface area contributed by atoms with Crippen molar-refractivity contribution in [1.82, 2.24) is 27.6 Å². The summed E-state index contributed by atoms with van der Waals surface area (Å²) in [7, 11) is 0. The van der Waals surface area contributed by atoms with E-state index in [4.69, 9.17) is 9.97 Å². The summed E-state index contributed by atoms with van der Waals surface area (Å²) in [6.07, 6.45) is 0. The molecule has 11 aromatic rings. The Bertz CT molecular complexity index is 2880. The molecule has 0 aliphatic rings. The van der Waals surface area contributed by atoms with Crippen molar-refractivity contribution in [3.8, 4) is 0 Å². The van der Waals surface area contributed by atoms with E-state index in [1.165, 1.54) is 65.8 Å². The van der Waals surface area contributed by atoms with Crippen LogP contribution >= 0.6 is 0 Å². The fourth-order valence-corrected chi connectivity index (χ4v) is 8.62. The number of rotatable bonds is 0. The van der Waals surface area contributed by atoms with Crippen LogP contribution in [0.2, 0.25) is 0 Å². The van der Waals surface area contributed by atoms with E-state index in [-0.39, 0.29) is 10.8 Å². The Kier molecular flexibility index (Phi) is 4.08. The molecule has 5 aromatic carbocycles. The molecule has 0 radical (unpaired) electrons. The zero-order chi connectivity index (χ0) is 31.0. The predicted octanol–water partition coefficient (Wildman–Crippen LogP) is 9.88. The van der Waals surface area contributed by atoms with Gasteiger partial charge in [0.15, 0.2) is 0 Å². The molecule has 0 saturated carbocycles. The Morgan fingerprint density at radius 1 is 0.413 bits per heavy atom. The molecule has 6 aromatic heterocycles. The quantitative estimate of drug-likeness (QED) is 0.175. The standard InChI is InChI=1S/C40H32N6/c1-39(2,3)23-15-11-19-27-31(23)41-37-43-25-17-9-7-13-21(25)30-33(43)35(45(27)37)29-22-14-8-10-18-26(22)44-34(29)36(30)46-28-20-12-16-24(40(4,5)6)32(28)42-38(44)46/h7-20H,1-6H3. The van der Waals surface area contributed by atoms with Crippen LogP contribution in [0.25, 0.3) is 88.3 Å². The van der Waals surface area contributed by atoms with Gasteiger partial charge in [-0.2, -0.15) is 0 Å². The van der Waals surface area contributed by atoms with Gasteiger partial charge in [0.05, 0.1) is 55.2 Å². The number of fused-ring (bicyclic) bond motifs is 18. The third kappa shape index (κ3) is 2.62. The monoisotopic (exact) mass is 596 g/mol. The van der Waals surface area contributed by atoms with Crippen LogP contribution in [-0.4, -0.2) is 27.6 Å². The van der Waals surface area contributed by atoms with Crippen LogP contribution in [-0.2, 0) is 10.8 Å². The van der Waals surface area contributed by atoms with Gasteiger partial charge in [-0.1, -0.05) is 102 Å². The summed E-state index contributed by atoms with van der Waals surface area (Å²) in [4.78, 5) is 11.0. The van der Waals surface area contributed by atoms with Gasteiger partial charge in [0, 0.05) is 21.5 Å². The molecule has 6 heteroatoms. The van der Waals surface area contributed by atoms with Crippen molar-refractivity contribution in [1.29, 1.82) is 0 Å². The first-order chi connectivity index (χ1) is 22.1. The second kappa shape index (κ2) is 7.53. The van der Waals surface area contributed by atoms with E-state index in [9.17, 15) is 0 Å². The van der Waals surface area contributed by atoms with Crippen molar-refractivity contribution in [2.24, 2.45) is 0 Å². The topological polar surface area (TPSA) is 43.4 Å². The molecule has 0 spiro atoms. The Labute approximate surface area is 263 Å². The van der Waals surface area contributed by atoms with Crippen LogP contribution in [0.1, 0.15) is 52.7 Å². The SMILES string of the molecule is CC(C)(C)c1cccc2c1nc1n2c2c3c4ccccc4n4c3c(c3c5ccccc5n1c32)n1c2cccc(C(C)(C)C)c2nc14. The second-order valence-electron chi connectivity index (χ2n) is 15.2. The highest BCUT2D eigenvalue weighted by molar-refractivity contribution is 6.37. The molecular formula is C40H32N6. The molecule has 6 heterocycles. The van der Waals surface area contributed by atoms with Crippen molar-refractivity contribution in [3.05, 3.63) is 96.1 Å². The van der Waals surface area contributed by atoms with Crippen molar-refractivity contribution >= 4 is 88.3 Å². The highest BCUT2D eigenvalue weighted by atomic mass is 15.2. The minimum atomic E-state index is -0.0354. The molecule has 0 atom stereocenters. The molecule has 0 aliphatic carbocycles. The Morgan fingerprint density at radius 2 is 0.761 bits per heavy atom. The Morgan fingerprint density at radius 3 is 1.15 bits per heavy atom. The van der Waals surface area contributed by atoms with Crippen LogP contribution in [0, 0.1) is 0 Å². The maximum absolute atomic E-state index is 5.49. The molecule has 0 saturated heterocycles. The third-order valence-corrected chi connectivity index (χ3v) is 10.5. The summed E-state index contributed by atoms with van der Waals surface area (Å²) in [5.74, 6) is 1.93. The van der Waals surface area contributed by atoms with E-state index in [2.05, 4.69) is 144 Å². The first kappa shape index (κ1) is 24.9. The molecule has 0 bridgehead atoms. The van der Waals surface area contributed by atoms with Crippen LogP contribution in [0.5, 0.6) is 0 Å². The summed E-state index contributed by atoms with van der Waals surface area (Å²) in [5, 5.41) is 4.99. The number of hydrogen-bond acceptors (Lipinski definition) is 2. The molecular weight excluding hydrogens is 564 g/mol. The van der Waals surface area contributed by atoms with Crippen molar-refractivity contribution in [2.75, 3.05) is 0 Å². The number of benzene rings is 5. The number of aromatic nitrogens is 6. The lowest BCUT2D eigenvalue weighted by Gasteiger charge is -2.19. The molecule has 0 N–H and O–H groups in total. The average molecular weight is 597 g/mol. The van der Waals surface area contributed by atoms with Crippen molar-refractivity contribution in [2.45, 2.75) is 52.4 Å². The van der Waals surface area contributed by atoms with Gasteiger partial charge in [-0.15, -0.1) is 0 Å². The van der Waals surface area contributed by atoms with Crippen LogP contribution in [0.15, 0.2) is 84.9 Å². The zero-order valence-corrected chi connectivity index (χ0v) is 26.8. The lowest BCUT2D eigenvalue weighted by Crippen LogP contribution is -2.11. The average Bonchev–Trinajstić information content (AvgIpc) is 3.83. The maximum atomic E-state index is 5.49. The van der Waals surface area contributed by atoms with Gasteiger partial charge in [-0.3, -0.25) is 17.6 Å². The van der Waals surface area contributed by atoms with Gasteiger partial charge in [-0.25, -0.2) is 9.97 Å². The molecule has 0 amide bonds. The molecule has 6 nitrogen and oxygen atoms in total. The lowest BCUT2D eigenvalue weighted by atomic mass is 9.86. The lowest BCUT2D eigenvalue weighted by molar-refractivity contribution is 0.594. The highest BCUT2D eigenvalue weighted by Crippen LogP contribution is 2.49. The third-order valence-electron chi connectivity index (χ3n) is 10.5. The first-order valence-corrected chi connectivity index (χ1v) is 16.2. The van der Waals surface area contributed by atoms with Gasteiger partial charge < -0.3 is 0 Å². The largest absolute Gasteiger partial charge is 0.277 e. The van der Waals surface area contributed by atoms with E-state index in [0.717, 1.165) is 33.6 Å². The molecule has 11 rings (SSSR count). The number of imidazole rings is 4. The Hall–Kier alpha value is -5.36. The van der Waals surface area contributed by atoms with E-state index in [0.29, 0.717) is 0 Å². The van der Waals surface area contributed by atoms with Crippen molar-refractivity contribution < 1.29 is 0 Å². The molecule has 46 heavy (non-hydrogen) atoms. The number of nitrogens with zero attached hydrogens (tertiary/aromatic N) is 6. The summed E-state index contributed by atoms with van der Waals surface area (Å²) in [6, 6.07) is 31.1. The van der Waals surface area contributed by atoms with Crippen LogP contribution in [0.3, 0.4) is 0 Å². The van der Waals surface area contributed by atoms with Gasteiger partial charge >= 0.3 is 0 Å². The van der Waals surface area contributed by atoms with Crippen LogP contribution in [0.4, 0.5) is 0 Å². The molecule has 0 unspecified atom stereocenters. The maximum Gasteiger partial charge on any atom is 0.220 e. The minimum absolute atomic E-state index is 0.0354. The fourth-order valence-electron chi connectivity index (χ4n) is 8.62. The van der Waals surface area contributed by atoms with Crippen molar-refractivity contribution in [3.63, 3.8) is 0 Å². The first-order valence-electron chi connectivity index (χ1n) is 16.2. The summed E-state index contributed by atoms with van der Waals surface area (Å²) in [5.41, 5.74) is 14.1. The Balaban J connectivity index is 1.53. The van der Waals surface area contributed by atoms with E-state index in [1.807, 2.05) is 0 Å². The summed E-state index contributed by atoms with van der Waals surface area (Å²) < 4.78 is 9.72. The van der Waals surface area contributed by atoms with Crippen LogP contribution < -0.4 is 0 Å². The summed E-state index contributed by atoms with van der Waals surface area (Å²) in [6.45, 7) is 13.7. The highest BCUT2D eigenvalue weighted by Gasteiger charge is 2.32. The second-order valence-corrected chi connectivity index (χ2v) is 15.2. The smallest absolute Gasteiger partial charge is 0.220 e. The van der Waals surface area contributed by atoms with Gasteiger partial charge in [0.1, 0.15) is 0 Å². The zero-order valence-electron chi connectivity index (χ0n) is 26.8. The minimum Gasteiger partial charge on any atom is -0.277 e. The van der Waals surface area contributed by atoms with Gasteiger partial charge in [0.25, 0.3) is 0 Å². The normalized spacial score (nSPS) is 13.9. The van der Waals surface area contributed by atoms with E-state index < -0.39 is 0 Å². The molecule has 0 fully saturated rings. The number of para-hydroxylation sites is 4. The predicted molar refractivity (Wildman–Crippen MR) is 191 cm³/mol. The molecule has 0 aliphatic heterocycles. The van der Waals surface area contributed by atoms with E-state index >= 15 is 0 Å².